The molecule has 78 valence electrons. The maximum atomic E-state index is 10.9. The van der Waals surface area contributed by atoms with Crippen LogP contribution in [0.5, 0.6) is 0 Å². The molecule has 0 aliphatic carbocycles. The molecule has 0 rings (SSSR count). The third-order valence-electron chi connectivity index (χ3n) is 1.83. The Morgan fingerprint density at radius 3 is 2.93 bits per heavy atom. The van der Waals surface area contributed by atoms with E-state index in [-0.39, 0.29) is 5.97 Å². The monoisotopic (exact) mass is 194 g/mol. The van der Waals surface area contributed by atoms with E-state index in [0.717, 1.165) is 19.3 Å². The topological polar surface area (TPSA) is 26.3 Å². The second kappa shape index (κ2) is 8.37. The van der Waals surface area contributed by atoms with Crippen LogP contribution in [-0.2, 0) is 9.53 Å². The Hall–Kier alpha value is -1.23. The van der Waals surface area contributed by atoms with E-state index >= 15 is 0 Å². The molecule has 0 aliphatic heterocycles. The molecule has 0 amide bonds. The van der Waals surface area contributed by atoms with Gasteiger partial charge in [0.2, 0.25) is 0 Å². The van der Waals surface area contributed by atoms with Crippen molar-refractivity contribution in [1.82, 2.24) is 0 Å². The lowest BCUT2D eigenvalue weighted by Crippen LogP contribution is -1.99. The largest absolute Gasteiger partial charge is 0.463 e. The average molecular weight is 194 g/mol. The Bertz CT molecular complexity index is 223. The molecule has 0 saturated heterocycles. The predicted molar refractivity (Wildman–Crippen MR) is 57.6 cm³/mol. The van der Waals surface area contributed by atoms with E-state index in [1.165, 1.54) is 6.08 Å². The molecule has 0 aromatic rings. The first-order valence-electron chi connectivity index (χ1n) is 4.97. The van der Waals surface area contributed by atoms with Crippen molar-refractivity contribution in [2.45, 2.75) is 33.1 Å². The van der Waals surface area contributed by atoms with E-state index in [9.17, 15) is 4.79 Å². The quantitative estimate of drug-likeness (QED) is 0.369. The van der Waals surface area contributed by atoms with Gasteiger partial charge in [-0.1, -0.05) is 13.0 Å². The van der Waals surface area contributed by atoms with Crippen molar-refractivity contribution in [3.05, 3.63) is 12.2 Å². The van der Waals surface area contributed by atoms with E-state index in [1.807, 2.05) is 6.08 Å². The highest BCUT2D eigenvalue weighted by Crippen LogP contribution is 2.09. The summed E-state index contributed by atoms with van der Waals surface area (Å²) in [6.45, 7) is 4.33. The second-order valence-electron chi connectivity index (χ2n) is 3.25. The van der Waals surface area contributed by atoms with Crippen LogP contribution in [0.4, 0.5) is 0 Å². The minimum Gasteiger partial charge on any atom is -0.463 e. The van der Waals surface area contributed by atoms with Crippen LogP contribution in [0.1, 0.15) is 33.1 Å². The Morgan fingerprint density at radius 1 is 1.64 bits per heavy atom. The van der Waals surface area contributed by atoms with Gasteiger partial charge in [-0.15, -0.1) is 12.3 Å². The predicted octanol–water partition coefficient (Wildman–Crippen LogP) is 2.55. The number of rotatable bonds is 6. The zero-order chi connectivity index (χ0) is 10.8. The zero-order valence-electron chi connectivity index (χ0n) is 8.95. The number of esters is 1. The molecule has 2 heteroatoms. The van der Waals surface area contributed by atoms with Gasteiger partial charge in [-0.3, -0.25) is 0 Å². The maximum Gasteiger partial charge on any atom is 0.330 e. The van der Waals surface area contributed by atoms with Crippen LogP contribution < -0.4 is 0 Å². The minimum atomic E-state index is -0.267. The van der Waals surface area contributed by atoms with Gasteiger partial charge in [0, 0.05) is 12.5 Å². The molecule has 0 bridgehead atoms. The molecule has 0 radical (unpaired) electrons. The SMILES string of the molecule is C#CC[C@H](C)CC/C=C/C(=O)OCC. The summed E-state index contributed by atoms with van der Waals surface area (Å²) in [6.07, 6.45) is 11.2. The van der Waals surface area contributed by atoms with Crippen LogP contribution >= 0.6 is 0 Å². The summed E-state index contributed by atoms with van der Waals surface area (Å²) in [5.41, 5.74) is 0. The summed E-state index contributed by atoms with van der Waals surface area (Å²) >= 11 is 0. The van der Waals surface area contributed by atoms with E-state index in [0.29, 0.717) is 12.5 Å². The molecule has 0 aromatic carbocycles. The third-order valence-corrected chi connectivity index (χ3v) is 1.83. The third kappa shape index (κ3) is 7.42. The Kier molecular flexibility index (Phi) is 7.64. The second-order valence-corrected chi connectivity index (χ2v) is 3.25. The summed E-state index contributed by atoms with van der Waals surface area (Å²) in [6, 6.07) is 0. The zero-order valence-corrected chi connectivity index (χ0v) is 8.95. The molecule has 0 spiro atoms. The van der Waals surface area contributed by atoms with Gasteiger partial charge < -0.3 is 4.74 Å². The van der Waals surface area contributed by atoms with Gasteiger partial charge in [0.25, 0.3) is 0 Å². The molecule has 0 heterocycles. The highest BCUT2D eigenvalue weighted by atomic mass is 16.5. The summed E-state index contributed by atoms with van der Waals surface area (Å²) < 4.78 is 4.74. The van der Waals surface area contributed by atoms with Crippen molar-refractivity contribution in [1.29, 1.82) is 0 Å². The molecular weight excluding hydrogens is 176 g/mol. The number of hydrogen-bond acceptors (Lipinski definition) is 2. The highest BCUT2D eigenvalue weighted by molar-refractivity contribution is 5.81. The molecule has 0 aromatic heterocycles. The van der Waals surface area contributed by atoms with Gasteiger partial charge in [-0.2, -0.15) is 0 Å². The molecule has 0 saturated carbocycles. The van der Waals surface area contributed by atoms with E-state index in [2.05, 4.69) is 12.8 Å². The summed E-state index contributed by atoms with van der Waals surface area (Å²) in [4.78, 5) is 10.9. The fourth-order valence-corrected chi connectivity index (χ4v) is 1.05. The van der Waals surface area contributed by atoms with Crippen LogP contribution in [0.25, 0.3) is 0 Å². The van der Waals surface area contributed by atoms with E-state index < -0.39 is 0 Å². The van der Waals surface area contributed by atoms with Crippen LogP contribution in [-0.4, -0.2) is 12.6 Å². The van der Waals surface area contributed by atoms with Crippen molar-refractivity contribution in [3.8, 4) is 12.3 Å². The number of ether oxygens (including phenoxy) is 1. The van der Waals surface area contributed by atoms with Crippen LogP contribution in [0.2, 0.25) is 0 Å². The standard InChI is InChI=1S/C12H18O2/c1-4-8-11(3)9-6-7-10-12(13)14-5-2/h1,7,10-11H,5-6,8-9H2,2-3H3/b10-7+/t11-/m0/s1. The van der Waals surface area contributed by atoms with Crippen molar-refractivity contribution < 1.29 is 9.53 Å². The summed E-state index contributed by atoms with van der Waals surface area (Å²) in [5.74, 6) is 2.88. The molecule has 0 unspecified atom stereocenters. The molecule has 1 atom stereocenters. The minimum absolute atomic E-state index is 0.267. The van der Waals surface area contributed by atoms with Gasteiger partial charge in [0.15, 0.2) is 0 Å². The van der Waals surface area contributed by atoms with Crippen LogP contribution in [0, 0.1) is 18.3 Å². The molecular formula is C12H18O2. The number of carbonyl (C=O) groups is 1. The highest BCUT2D eigenvalue weighted by Gasteiger charge is 1.98. The number of carbonyl (C=O) groups excluding carboxylic acids is 1. The lowest BCUT2D eigenvalue weighted by molar-refractivity contribution is -0.137. The Labute approximate surface area is 86.3 Å². The van der Waals surface area contributed by atoms with Gasteiger partial charge in [0.1, 0.15) is 0 Å². The fraction of sp³-hybridized carbons (Fsp3) is 0.583. The van der Waals surface area contributed by atoms with Crippen LogP contribution in [0.15, 0.2) is 12.2 Å². The lowest BCUT2D eigenvalue weighted by Gasteiger charge is -2.03. The molecule has 0 N–H and O–H groups in total. The Balaban J connectivity index is 3.53. The van der Waals surface area contributed by atoms with Crippen molar-refractivity contribution in [2.24, 2.45) is 5.92 Å². The normalized spacial score (nSPS) is 12.4. The summed E-state index contributed by atoms with van der Waals surface area (Å²) in [5, 5.41) is 0. The van der Waals surface area contributed by atoms with Gasteiger partial charge in [0.05, 0.1) is 6.61 Å². The maximum absolute atomic E-state index is 10.9. The first-order valence-corrected chi connectivity index (χ1v) is 4.97. The smallest absolute Gasteiger partial charge is 0.330 e. The lowest BCUT2D eigenvalue weighted by atomic mass is 10.0. The average Bonchev–Trinajstić information content (AvgIpc) is 2.13. The molecule has 0 fully saturated rings. The first kappa shape index (κ1) is 12.8. The van der Waals surface area contributed by atoms with E-state index in [1.54, 1.807) is 6.92 Å². The first-order chi connectivity index (χ1) is 6.70. The molecule has 2 nitrogen and oxygen atoms in total. The van der Waals surface area contributed by atoms with E-state index in [4.69, 9.17) is 11.2 Å². The number of terminal acetylenes is 1. The van der Waals surface area contributed by atoms with Gasteiger partial charge in [-0.25, -0.2) is 4.79 Å². The summed E-state index contributed by atoms with van der Waals surface area (Å²) in [7, 11) is 0. The molecule has 0 aliphatic rings. The molecule has 14 heavy (non-hydrogen) atoms. The van der Waals surface area contributed by atoms with Gasteiger partial charge >= 0.3 is 5.97 Å². The van der Waals surface area contributed by atoms with Crippen molar-refractivity contribution >= 4 is 5.97 Å². The van der Waals surface area contributed by atoms with Crippen LogP contribution in [0.3, 0.4) is 0 Å². The van der Waals surface area contributed by atoms with Gasteiger partial charge in [-0.05, 0) is 25.7 Å². The fourth-order valence-electron chi connectivity index (χ4n) is 1.05. The number of hydrogen-bond donors (Lipinski definition) is 0. The number of allylic oxidation sites excluding steroid dienone is 1. The van der Waals surface area contributed by atoms with Crippen molar-refractivity contribution in [3.63, 3.8) is 0 Å². The van der Waals surface area contributed by atoms with Crippen molar-refractivity contribution in [2.75, 3.05) is 6.61 Å². The Morgan fingerprint density at radius 2 is 2.36 bits per heavy atom.